The third-order valence-corrected chi connectivity index (χ3v) is 3.24. The van der Waals surface area contributed by atoms with Gasteiger partial charge in [0.25, 0.3) is 0 Å². The lowest BCUT2D eigenvalue weighted by Crippen LogP contribution is -2.27. The van der Waals surface area contributed by atoms with E-state index in [1.807, 2.05) is 44.4 Å². The van der Waals surface area contributed by atoms with Gasteiger partial charge in [0.2, 0.25) is 0 Å². The molecule has 2 aromatic carbocycles. The SMILES string of the molecule is CCN(COc1ccccc1)c1ccc(N(C)C)cc1. The molecule has 0 radical (unpaired) electrons. The maximum Gasteiger partial charge on any atom is 0.161 e. The highest BCUT2D eigenvalue weighted by atomic mass is 16.5. The second-order valence-electron chi connectivity index (χ2n) is 4.85. The van der Waals surface area contributed by atoms with E-state index in [0.717, 1.165) is 12.3 Å². The zero-order chi connectivity index (χ0) is 14.4. The molecule has 3 heteroatoms. The Balaban J connectivity index is 2.01. The normalized spacial score (nSPS) is 10.2. The van der Waals surface area contributed by atoms with Gasteiger partial charge in [-0.15, -0.1) is 0 Å². The molecule has 2 aromatic rings. The second kappa shape index (κ2) is 6.85. The minimum Gasteiger partial charge on any atom is -0.473 e. The molecule has 0 amide bonds. The van der Waals surface area contributed by atoms with Gasteiger partial charge in [0.15, 0.2) is 6.73 Å². The smallest absolute Gasteiger partial charge is 0.161 e. The van der Waals surface area contributed by atoms with Crippen LogP contribution in [0, 0.1) is 0 Å². The summed E-state index contributed by atoms with van der Waals surface area (Å²) < 4.78 is 5.81. The Morgan fingerprint density at radius 2 is 1.45 bits per heavy atom. The Labute approximate surface area is 121 Å². The highest BCUT2D eigenvalue weighted by Gasteiger charge is 2.05. The Morgan fingerprint density at radius 3 is 2.00 bits per heavy atom. The van der Waals surface area contributed by atoms with Gasteiger partial charge in [-0.25, -0.2) is 0 Å². The molecule has 2 rings (SSSR count). The quantitative estimate of drug-likeness (QED) is 0.746. The van der Waals surface area contributed by atoms with Gasteiger partial charge in [0.05, 0.1) is 0 Å². The van der Waals surface area contributed by atoms with Crippen LogP contribution in [-0.4, -0.2) is 27.4 Å². The van der Waals surface area contributed by atoms with Crippen molar-refractivity contribution in [2.24, 2.45) is 0 Å². The summed E-state index contributed by atoms with van der Waals surface area (Å²) in [7, 11) is 4.09. The molecule has 0 saturated heterocycles. The van der Waals surface area contributed by atoms with Gasteiger partial charge >= 0.3 is 0 Å². The summed E-state index contributed by atoms with van der Waals surface area (Å²) in [5.41, 5.74) is 2.38. The van der Waals surface area contributed by atoms with Crippen molar-refractivity contribution in [3.05, 3.63) is 54.6 Å². The zero-order valence-electron chi connectivity index (χ0n) is 12.4. The van der Waals surface area contributed by atoms with Crippen molar-refractivity contribution in [2.75, 3.05) is 37.2 Å². The first-order chi connectivity index (χ1) is 9.70. The summed E-state index contributed by atoms with van der Waals surface area (Å²) in [4.78, 5) is 4.30. The van der Waals surface area contributed by atoms with E-state index in [1.165, 1.54) is 11.4 Å². The molecule has 0 bridgehead atoms. The highest BCUT2D eigenvalue weighted by Crippen LogP contribution is 2.20. The van der Waals surface area contributed by atoms with Crippen LogP contribution in [0.25, 0.3) is 0 Å². The molecule has 0 atom stereocenters. The van der Waals surface area contributed by atoms with Crippen molar-refractivity contribution in [2.45, 2.75) is 6.92 Å². The van der Waals surface area contributed by atoms with Crippen molar-refractivity contribution < 1.29 is 4.74 Å². The molecule has 0 heterocycles. The topological polar surface area (TPSA) is 15.7 Å². The van der Waals surface area contributed by atoms with E-state index in [-0.39, 0.29) is 0 Å². The number of ether oxygens (including phenoxy) is 1. The Bertz CT molecular complexity index is 508. The number of para-hydroxylation sites is 1. The Hall–Kier alpha value is -2.16. The molecule has 0 N–H and O–H groups in total. The van der Waals surface area contributed by atoms with E-state index in [9.17, 15) is 0 Å². The van der Waals surface area contributed by atoms with Crippen molar-refractivity contribution in [1.29, 1.82) is 0 Å². The van der Waals surface area contributed by atoms with E-state index in [4.69, 9.17) is 4.74 Å². The van der Waals surface area contributed by atoms with Gasteiger partial charge in [-0.1, -0.05) is 18.2 Å². The largest absolute Gasteiger partial charge is 0.473 e. The lowest BCUT2D eigenvalue weighted by molar-refractivity contribution is 0.315. The van der Waals surface area contributed by atoms with Gasteiger partial charge in [0.1, 0.15) is 5.75 Å². The van der Waals surface area contributed by atoms with Gasteiger partial charge in [-0.2, -0.15) is 0 Å². The number of anilines is 2. The highest BCUT2D eigenvalue weighted by molar-refractivity contribution is 5.55. The molecule has 0 saturated carbocycles. The van der Waals surface area contributed by atoms with Crippen LogP contribution in [0.4, 0.5) is 11.4 Å². The maximum atomic E-state index is 5.81. The number of hydrogen-bond donors (Lipinski definition) is 0. The van der Waals surface area contributed by atoms with E-state index < -0.39 is 0 Å². The third kappa shape index (κ3) is 3.67. The number of hydrogen-bond acceptors (Lipinski definition) is 3. The summed E-state index contributed by atoms with van der Waals surface area (Å²) in [5.74, 6) is 0.899. The Morgan fingerprint density at radius 1 is 0.850 bits per heavy atom. The average Bonchev–Trinajstić information content (AvgIpc) is 2.49. The second-order valence-corrected chi connectivity index (χ2v) is 4.85. The van der Waals surface area contributed by atoms with Crippen LogP contribution < -0.4 is 14.5 Å². The molecule has 106 valence electrons. The molecule has 0 unspecified atom stereocenters. The van der Waals surface area contributed by atoms with Crippen LogP contribution in [0.15, 0.2) is 54.6 Å². The molecule has 20 heavy (non-hydrogen) atoms. The number of benzene rings is 2. The first kappa shape index (κ1) is 14.3. The predicted molar refractivity (Wildman–Crippen MR) is 85.7 cm³/mol. The maximum absolute atomic E-state index is 5.81. The first-order valence-electron chi connectivity index (χ1n) is 6.91. The fraction of sp³-hybridized carbons (Fsp3) is 0.294. The molecule has 3 nitrogen and oxygen atoms in total. The minimum atomic E-state index is 0.557. The van der Waals surface area contributed by atoms with Crippen molar-refractivity contribution in [3.8, 4) is 5.75 Å². The molecule has 0 aliphatic heterocycles. The molecular weight excluding hydrogens is 248 g/mol. The lowest BCUT2D eigenvalue weighted by atomic mass is 10.2. The van der Waals surface area contributed by atoms with Gasteiger partial charge < -0.3 is 14.5 Å². The average molecular weight is 270 g/mol. The monoisotopic (exact) mass is 270 g/mol. The third-order valence-electron chi connectivity index (χ3n) is 3.24. The predicted octanol–water partition coefficient (Wildman–Crippen LogP) is 3.62. The zero-order valence-corrected chi connectivity index (χ0v) is 12.4. The molecule has 0 aromatic heterocycles. The van der Waals surface area contributed by atoms with Crippen molar-refractivity contribution in [3.63, 3.8) is 0 Å². The van der Waals surface area contributed by atoms with Crippen LogP contribution in [-0.2, 0) is 0 Å². The lowest BCUT2D eigenvalue weighted by Gasteiger charge is -2.24. The van der Waals surface area contributed by atoms with Gasteiger partial charge in [-0.05, 0) is 43.3 Å². The van der Waals surface area contributed by atoms with Crippen molar-refractivity contribution >= 4 is 11.4 Å². The van der Waals surface area contributed by atoms with E-state index in [1.54, 1.807) is 0 Å². The van der Waals surface area contributed by atoms with E-state index in [0.29, 0.717) is 6.73 Å². The van der Waals surface area contributed by atoms with Crippen LogP contribution in [0.5, 0.6) is 5.75 Å². The summed E-state index contributed by atoms with van der Waals surface area (Å²) in [6.45, 7) is 3.60. The Kier molecular flexibility index (Phi) is 4.88. The standard InChI is InChI=1S/C17H22N2O/c1-4-19(14-20-17-8-6-5-7-9-17)16-12-10-15(11-13-16)18(2)3/h5-13H,4,14H2,1-3H3. The molecule has 0 fully saturated rings. The minimum absolute atomic E-state index is 0.557. The van der Waals surface area contributed by atoms with E-state index >= 15 is 0 Å². The van der Waals surface area contributed by atoms with E-state index in [2.05, 4.69) is 41.0 Å². The molecule has 0 aliphatic rings. The molecule has 0 spiro atoms. The number of rotatable bonds is 6. The molecule has 0 aliphatic carbocycles. The fourth-order valence-corrected chi connectivity index (χ4v) is 1.98. The summed E-state index contributed by atoms with van der Waals surface area (Å²) in [6.07, 6.45) is 0. The van der Waals surface area contributed by atoms with Gasteiger partial charge in [0, 0.05) is 32.0 Å². The molecular formula is C17H22N2O. The number of nitrogens with zero attached hydrogens (tertiary/aromatic N) is 2. The van der Waals surface area contributed by atoms with Crippen LogP contribution in [0.1, 0.15) is 6.92 Å². The van der Waals surface area contributed by atoms with Crippen LogP contribution >= 0.6 is 0 Å². The van der Waals surface area contributed by atoms with Gasteiger partial charge in [-0.3, -0.25) is 0 Å². The van der Waals surface area contributed by atoms with Crippen LogP contribution in [0.2, 0.25) is 0 Å². The fourth-order valence-electron chi connectivity index (χ4n) is 1.98. The summed E-state index contributed by atoms with van der Waals surface area (Å²) in [6, 6.07) is 18.4. The first-order valence-corrected chi connectivity index (χ1v) is 6.91. The van der Waals surface area contributed by atoms with Crippen LogP contribution in [0.3, 0.4) is 0 Å². The summed E-state index contributed by atoms with van der Waals surface area (Å²) in [5, 5.41) is 0. The summed E-state index contributed by atoms with van der Waals surface area (Å²) >= 11 is 0. The van der Waals surface area contributed by atoms with Crippen molar-refractivity contribution in [1.82, 2.24) is 0 Å².